The van der Waals surface area contributed by atoms with Crippen molar-refractivity contribution in [2.45, 2.75) is 19.1 Å². The van der Waals surface area contributed by atoms with Gasteiger partial charge in [-0.2, -0.15) is 13.2 Å². The molecule has 0 saturated heterocycles. The van der Waals surface area contributed by atoms with E-state index in [9.17, 15) is 13.2 Å². The van der Waals surface area contributed by atoms with Crippen molar-refractivity contribution < 1.29 is 13.2 Å². The molecule has 0 spiro atoms. The molecule has 106 valence electrons. The van der Waals surface area contributed by atoms with Crippen LogP contribution in [0.1, 0.15) is 24.1 Å². The Balaban J connectivity index is 2.10. The summed E-state index contributed by atoms with van der Waals surface area (Å²) in [5.74, 6) is 0.550. The van der Waals surface area contributed by atoms with E-state index >= 15 is 0 Å². The smallest absolute Gasteiger partial charge is 0.340 e. The van der Waals surface area contributed by atoms with Gasteiger partial charge >= 0.3 is 6.18 Å². The maximum absolute atomic E-state index is 12.4. The van der Waals surface area contributed by atoms with Crippen molar-refractivity contribution in [1.29, 1.82) is 0 Å². The predicted molar refractivity (Wildman–Crippen MR) is 71.6 cm³/mol. The Labute approximate surface area is 114 Å². The lowest BCUT2D eigenvalue weighted by molar-refractivity contribution is -0.137. The minimum absolute atomic E-state index is 0.109. The van der Waals surface area contributed by atoms with Crippen LogP contribution in [0.25, 0.3) is 0 Å². The fourth-order valence-electron chi connectivity index (χ4n) is 1.64. The van der Waals surface area contributed by atoms with E-state index in [1.807, 2.05) is 13.0 Å². The van der Waals surface area contributed by atoms with Crippen molar-refractivity contribution in [3.05, 3.63) is 53.7 Å². The highest BCUT2D eigenvalue weighted by atomic mass is 19.4. The summed E-state index contributed by atoms with van der Waals surface area (Å²) >= 11 is 0. The molecule has 6 heteroatoms. The van der Waals surface area contributed by atoms with Crippen LogP contribution in [0.4, 0.5) is 24.7 Å². The van der Waals surface area contributed by atoms with E-state index in [2.05, 4.69) is 10.3 Å². The van der Waals surface area contributed by atoms with Crippen LogP contribution in [0.2, 0.25) is 0 Å². The lowest BCUT2D eigenvalue weighted by atomic mass is 10.1. The quantitative estimate of drug-likeness (QED) is 0.898. The van der Waals surface area contributed by atoms with Gasteiger partial charge < -0.3 is 11.1 Å². The highest BCUT2D eigenvalue weighted by molar-refractivity contribution is 5.56. The highest BCUT2D eigenvalue weighted by Crippen LogP contribution is 2.30. The normalized spacial score (nSPS) is 13.1. The fourth-order valence-corrected chi connectivity index (χ4v) is 1.64. The Hall–Kier alpha value is -2.08. The molecular weight excluding hydrogens is 267 g/mol. The number of nitrogens with one attached hydrogen (secondary N) is 1. The number of halogens is 3. The maximum Gasteiger partial charge on any atom is 0.416 e. The van der Waals surface area contributed by atoms with Crippen LogP contribution in [0.5, 0.6) is 0 Å². The average molecular weight is 281 g/mol. The number of alkyl halides is 3. The summed E-state index contributed by atoms with van der Waals surface area (Å²) in [6, 6.07) is 8.23. The number of anilines is 2. The third kappa shape index (κ3) is 3.48. The van der Waals surface area contributed by atoms with Gasteiger partial charge in [0.25, 0.3) is 0 Å². The van der Waals surface area contributed by atoms with E-state index in [1.54, 1.807) is 12.3 Å². The molecule has 1 aromatic heterocycles. The van der Waals surface area contributed by atoms with Crippen LogP contribution in [-0.2, 0) is 6.18 Å². The Morgan fingerprint density at radius 1 is 1.10 bits per heavy atom. The van der Waals surface area contributed by atoms with Crippen molar-refractivity contribution in [2.24, 2.45) is 5.73 Å². The van der Waals surface area contributed by atoms with Gasteiger partial charge in [-0.3, -0.25) is 0 Å². The van der Waals surface area contributed by atoms with Gasteiger partial charge in [-0.1, -0.05) is 6.07 Å². The zero-order valence-electron chi connectivity index (χ0n) is 10.8. The van der Waals surface area contributed by atoms with Crippen molar-refractivity contribution in [3.8, 4) is 0 Å². The Kier molecular flexibility index (Phi) is 3.94. The molecule has 0 aliphatic rings. The minimum Gasteiger partial charge on any atom is -0.340 e. The summed E-state index contributed by atoms with van der Waals surface area (Å²) in [5, 5.41) is 2.93. The van der Waals surface area contributed by atoms with E-state index < -0.39 is 11.7 Å². The number of aromatic nitrogens is 1. The van der Waals surface area contributed by atoms with E-state index in [1.165, 1.54) is 12.1 Å². The van der Waals surface area contributed by atoms with Crippen LogP contribution in [0.3, 0.4) is 0 Å². The van der Waals surface area contributed by atoms with Crippen LogP contribution in [0, 0.1) is 0 Å². The van der Waals surface area contributed by atoms with Gasteiger partial charge in [-0.05, 0) is 42.8 Å². The van der Waals surface area contributed by atoms with Gasteiger partial charge in [0.15, 0.2) is 0 Å². The van der Waals surface area contributed by atoms with E-state index in [4.69, 9.17) is 5.73 Å². The molecule has 1 atom stereocenters. The summed E-state index contributed by atoms with van der Waals surface area (Å²) in [6.45, 7) is 1.85. The monoisotopic (exact) mass is 281 g/mol. The molecule has 2 rings (SSSR count). The Bertz CT molecular complexity index is 560. The molecule has 0 aliphatic heterocycles. The Morgan fingerprint density at radius 3 is 2.20 bits per heavy atom. The summed E-state index contributed by atoms with van der Waals surface area (Å²) in [7, 11) is 0. The first-order valence-corrected chi connectivity index (χ1v) is 6.02. The summed E-state index contributed by atoms with van der Waals surface area (Å²) in [4.78, 5) is 4.15. The Morgan fingerprint density at radius 2 is 1.75 bits per heavy atom. The van der Waals surface area contributed by atoms with Crippen molar-refractivity contribution in [1.82, 2.24) is 4.98 Å². The number of benzene rings is 1. The molecule has 0 fully saturated rings. The molecule has 1 heterocycles. The molecule has 0 saturated carbocycles. The van der Waals surface area contributed by atoms with Crippen molar-refractivity contribution in [2.75, 3.05) is 5.32 Å². The average Bonchev–Trinajstić information content (AvgIpc) is 2.39. The van der Waals surface area contributed by atoms with Crippen molar-refractivity contribution in [3.63, 3.8) is 0 Å². The fraction of sp³-hybridized carbons (Fsp3) is 0.214. The molecule has 1 unspecified atom stereocenters. The van der Waals surface area contributed by atoms with E-state index in [0.717, 1.165) is 17.7 Å². The first kappa shape index (κ1) is 14.3. The third-order valence-corrected chi connectivity index (χ3v) is 2.80. The molecule has 1 aromatic carbocycles. The van der Waals surface area contributed by atoms with Gasteiger partial charge in [0.05, 0.1) is 5.56 Å². The van der Waals surface area contributed by atoms with Crippen LogP contribution < -0.4 is 11.1 Å². The molecule has 0 bridgehead atoms. The van der Waals surface area contributed by atoms with E-state index in [0.29, 0.717) is 11.5 Å². The largest absolute Gasteiger partial charge is 0.416 e. The number of pyridine rings is 1. The molecule has 0 amide bonds. The number of nitrogens with two attached hydrogens (primary N) is 1. The lowest BCUT2D eigenvalue weighted by Crippen LogP contribution is -2.06. The molecule has 2 aromatic rings. The van der Waals surface area contributed by atoms with Gasteiger partial charge in [0.2, 0.25) is 0 Å². The van der Waals surface area contributed by atoms with Crippen LogP contribution in [-0.4, -0.2) is 4.98 Å². The van der Waals surface area contributed by atoms with Crippen LogP contribution in [0.15, 0.2) is 42.6 Å². The first-order chi connectivity index (χ1) is 9.36. The van der Waals surface area contributed by atoms with Gasteiger partial charge in [-0.25, -0.2) is 4.98 Å². The van der Waals surface area contributed by atoms with Gasteiger partial charge in [-0.15, -0.1) is 0 Å². The second-order valence-corrected chi connectivity index (χ2v) is 4.47. The second-order valence-electron chi connectivity index (χ2n) is 4.47. The zero-order chi connectivity index (χ0) is 14.8. The number of nitrogens with zero attached hydrogens (tertiary/aromatic N) is 1. The molecule has 20 heavy (non-hydrogen) atoms. The van der Waals surface area contributed by atoms with Gasteiger partial charge in [0, 0.05) is 17.9 Å². The minimum atomic E-state index is -4.32. The molecule has 0 radical (unpaired) electrons. The third-order valence-electron chi connectivity index (χ3n) is 2.80. The summed E-state index contributed by atoms with van der Waals surface area (Å²) in [6.07, 6.45) is -2.69. The number of rotatable bonds is 3. The summed E-state index contributed by atoms with van der Waals surface area (Å²) in [5.41, 5.74) is 6.46. The molecular formula is C14H14F3N3. The van der Waals surface area contributed by atoms with E-state index in [-0.39, 0.29) is 6.04 Å². The topological polar surface area (TPSA) is 50.9 Å². The second kappa shape index (κ2) is 5.50. The predicted octanol–water partition coefficient (Wildman–Crippen LogP) is 3.86. The van der Waals surface area contributed by atoms with Gasteiger partial charge in [0.1, 0.15) is 5.82 Å². The highest BCUT2D eigenvalue weighted by Gasteiger charge is 2.29. The molecule has 3 N–H and O–H groups in total. The van der Waals surface area contributed by atoms with Crippen molar-refractivity contribution >= 4 is 11.5 Å². The molecule has 3 nitrogen and oxygen atoms in total. The number of hydrogen-bond donors (Lipinski definition) is 2. The standard InChI is InChI=1S/C14H14F3N3/c1-9(18)10-2-7-13(19-8-10)20-12-5-3-11(4-6-12)14(15,16)17/h2-9H,18H2,1H3,(H,19,20). The first-order valence-electron chi connectivity index (χ1n) is 6.02. The SMILES string of the molecule is CC(N)c1ccc(Nc2ccc(C(F)(F)F)cc2)nc1. The maximum atomic E-state index is 12.4. The molecule has 0 aliphatic carbocycles. The lowest BCUT2D eigenvalue weighted by Gasteiger charge is -2.10. The number of hydrogen-bond acceptors (Lipinski definition) is 3. The zero-order valence-corrected chi connectivity index (χ0v) is 10.8. The van der Waals surface area contributed by atoms with Crippen LogP contribution >= 0.6 is 0 Å². The summed E-state index contributed by atoms with van der Waals surface area (Å²) < 4.78 is 37.3.